The van der Waals surface area contributed by atoms with Gasteiger partial charge in [-0.05, 0) is 11.6 Å². The van der Waals surface area contributed by atoms with Crippen molar-refractivity contribution in [3.8, 4) is 0 Å². The maximum atomic E-state index is 10.7. The molecule has 1 aromatic heterocycles. The minimum absolute atomic E-state index is 0.230. The summed E-state index contributed by atoms with van der Waals surface area (Å²) in [5, 5.41) is 16.6. The number of H-pyrrole nitrogens is 1. The first-order chi connectivity index (χ1) is 7.59. The Hall–Kier alpha value is -1.59. The highest BCUT2D eigenvalue weighted by Gasteiger charge is 2.15. The summed E-state index contributed by atoms with van der Waals surface area (Å²) in [6.07, 6.45) is 0.230. The number of benzene rings is 1. The molecule has 1 unspecified atom stereocenters. The molecule has 1 aromatic carbocycles. The van der Waals surface area contributed by atoms with Crippen LogP contribution in [0.2, 0.25) is 5.15 Å². The van der Waals surface area contributed by atoms with Crippen LogP contribution in [-0.4, -0.2) is 27.3 Å². The second kappa shape index (κ2) is 4.11. The van der Waals surface area contributed by atoms with Crippen LogP contribution in [0.4, 0.5) is 0 Å². The van der Waals surface area contributed by atoms with Crippen LogP contribution in [-0.2, 0) is 11.2 Å². The minimum Gasteiger partial charge on any atom is -0.480 e. The van der Waals surface area contributed by atoms with Gasteiger partial charge in [0.05, 0.1) is 5.52 Å². The molecule has 84 valence electrons. The van der Waals surface area contributed by atoms with E-state index in [2.05, 4.69) is 10.2 Å². The molecule has 1 atom stereocenters. The van der Waals surface area contributed by atoms with Crippen LogP contribution in [0.5, 0.6) is 0 Å². The highest BCUT2D eigenvalue weighted by atomic mass is 35.5. The largest absolute Gasteiger partial charge is 0.480 e. The number of carboxylic acid groups (broad SMARTS) is 1. The maximum absolute atomic E-state index is 10.7. The Bertz CT molecular complexity index is 538. The molecule has 0 saturated heterocycles. The molecule has 0 aliphatic carbocycles. The van der Waals surface area contributed by atoms with E-state index < -0.39 is 12.0 Å². The molecular formula is C10H10ClN3O2. The third-order valence-corrected chi connectivity index (χ3v) is 2.67. The van der Waals surface area contributed by atoms with Crippen LogP contribution < -0.4 is 5.73 Å². The summed E-state index contributed by atoms with van der Waals surface area (Å²) in [7, 11) is 0. The molecule has 16 heavy (non-hydrogen) atoms. The van der Waals surface area contributed by atoms with E-state index in [0.29, 0.717) is 10.7 Å². The lowest BCUT2D eigenvalue weighted by Gasteiger charge is -2.06. The van der Waals surface area contributed by atoms with Crippen molar-refractivity contribution in [3.05, 3.63) is 28.9 Å². The average Bonchev–Trinajstić information content (AvgIpc) is 2.62. The third-order valence-electron chi connectivity index (χ3n) is 2.38. The number of carboxylic acids is 1. The number of hydrogen-bond donors (Lipinski definition) is 3. The Labute approximate surface area is 96.2 Å². The van der Waals surface area contributed by atoms with Gasteiger partial charge >= 0.3 is 5.97 Å². The van der Waals surface area contributed by atoms with E-state index in [0.717, 1.165) is 10.9 Å². The number of aromatic amines is 1. The number of rotatable bonds is 3. The molecule has 2 aromatic rings. The predicted octanol–water partition coefficient (Wildman–Crippen LogP) is 1.17. The number of aliphatic carboxylic acids is 1. The lowest BCUT2D eigenvalue weighted by Crippen LogP contribution is -2.32. The van der Waals surface area contributed by atoms with Gasteiger partial charge in [0.2, 0.25) is 0 Å². The lowest BCUT2D eigenvalue weighted by molar-refractivity contribution is -0.138. The lowest BCUT2D eigenvalue weighted by atomic mass is 10.0. The van der Waals surface area contributed by atoms with Crippen LogP contribution in [0, 0.1) is 0 Å². The zero-order valence-corrected chi connectivity index (χ0v) is 9.03. The fourth-order valence-corrected chi connectivity index (χ4v) is 1.75. The molecule has 4 N–H and O–H groups in total. The summed E-state index contributed by atoms with van der Waals surface area (Å²) in [5.41, 5.74) is 6.92. The summed E-state index contributed by atoms with van der Waals surface area (Å²) >= 11 is 5.88. The number of halogens is 1. The number of nitrogens with one attached hydrogen (secondary N) is 1. The fourth-order valence-electron chi connectivity index (χ4n) is 1.55. The molecule has 0 fully saturated rings. The molecule has 0 bridgehead atoms. The van der Waals surface area contributed by atoms with E-state index in [-0.39, 0.29) is 6.42 Å². The first-order valence-corrected chi connectivity index (χ1v) is 5.07. The van der Waals surface area contributed by atoms with Crippen molar-refractivity contribution in [1.29, 1.82) is 0 Å². The molecule has 0 aliphatic heterocycles. The molecule has 6 heteroatoms. The van der Waals surface area contributed by atoms with Gasteiger partial charge in [-0.15, -0.1) is 0 Å². The normalized spacial score (nSPS) is 12.9. The molecule has 1 heterocycles. The number of carbonyl (C=O) groups is 1. The van der Waals surface area contributed by atoms with Crippen LogP contribution in [0.15, 0.2) is 18.2 Å². The van der Waals surface area contributed by atoms with E-state index in [9.17, 15) is 4.79 Å². The van der Waals surface area contributed by atoms with Gasteiger partial charge in [-0.25, -0.2) is 0 Å². The smallest absolute Gasteiger partial charge is 0.320 e. The van der Waals surface area contributed by atoms with Crippen LogP contribution in [0.3, 0.4) is 0 Å². The number of para-hydroxylation sites is 1. The molecule has 0 amide bonds. The summed E-state index contributed by atoms with van der Waals surface area (Å²) < 4.78 is 0. The quantitative estimate of drug-likeness (QED) is 0.750. The summed E-state index contributed by atoms with van der Waals surface area (Å²) in [6.45, 7) is 0. The summed E-state index contributed by atoms with van der Waals surface area (Å²) in [5.74, 6) is -1.03. The van der Waals surface area contributed by atoms with Crippen molar-refractivity contribution in [2.24, 2.45) is 5.73 Å². The van der Waals surface area contributed by atoms with Crippen molar-refractivity contribution in [2.75, 3.05) is 0 Å². The third kappa shape index (κ3) is 1.87. The van der Waals surface area contributed by atoms with Gasteiger partial charge in [-0.2, -0.15) is 5.10 Å². The number of hydrogen-bond acceptors (Lipinski definition) is 3. The van der Waals surface area contributed by atoms with E-state index in [1.807, 2.05) is 6.07 Å². The van der Waals surface area contributed by atoms with E-state index in [1.165, 1.54) is 0 Å². The van der Waals surface area contributed by atoms with Gasteiger partial charge in [-0.3, -0.25) is 9.89 Å². The number of fused-ring (bicyclic) bond motifs is 1. The van der Waals surface area contributed by atoms with E-state index in [4.69, 9.17) is 22.4 Å². The first-order valence-electron chi connectivity index (χ1n) is 4.69. The van der Waals surface area contributed by atoms with Gasteiger partial charge in [0.25, 0.3) is 0 Å². The van der Waals surface area contributed by atoms with Crippen LogP contribution >= 0.6 is 11.6 Å². The Kier molecular flexibility index (Phi) is 2.80. The minimum atomic E-state index is -1.03. The Morgan fingerprint density at radius 3 is 3.06 bits per heavy atom. The Morgan fingerprint density at radius 1 is 1.62 bits per heavy atom. The number of nitrogens with two attached hydrogens (primary N) is 1. The van der Waals surface area contributed by atoms with Crippen molar-refractivity contribution < 1.29 is 9.90 Å². The van der Waals surface area contributed by atoms with E-state index in [1.54, 1.807) is 12.1 Å². The Morgan fingerprint density at radius 2 is 2.38 bits per heavy atom. The van der Waals surface area contributed by atoms with Crippen molar-refractivity contribution >= 4 is 28.5 Å². The van der Waals surface area contributed by atoms with E-state index >= 15 is 0 Å². The first kappa shape index (κ1) is 10.9. The molecule has 0 spiro atoms. The van der Waals surface area contributed by atoms with Crippen molar-refractivity contribution in [3.63, 3.8) is 0 Å². The molecule has 0 aliphatic rings. The van der Waals surface area contributed by atoms with Crippen LogP contribution in [0.1, 0.15) is 5.56 Å². The van der Waals surface area contributed by atoms with Gasteiger partial charge < -0.3 is 10.8 Å². The zero-order valence-electron chi connectivity index (χ0n) is 8.27. The molecule has 0 saturated carbocycles. The second-order valence-corrected chi connectivity index (χ2v) is 3.88. The topological polar surface area (TPSA) is 92.0 Å². The van der Waals surface area contributed by atoms with Gasteiger partial charge in [0.1, 0.15) is 11.2 Å². The van der Waals surface area contributed by atoms with Gasteiger partial charge in [0, 0.05) is 11.8 Å². The van der Waals surface area contributed by atoms with Gasteiger partial charge in [-0.1, -0.05) is 23.7 Å². The number of aromatic nitrogens is 2. The molecule has 0 radical (unpaired) electrons. The van der Waals surface area contributed by atoms with Crippen molar-refractivity contribution in [1.82, 2.24) is 10.2 Å². The summed E-state index contributed by atoms with van der Waals surface area (Å²) in [4.78, 5) is 10.7. The number of nitrogens with zero attached hydrogens (tertiary/aromatic N) is 1. The fraction of sp³-hybridized carbons (Fsp3) is 0.200. The highest BCUT2D eigenvalue weighted by Crippen LogP contribution is 2.23. The van der Waals surface area contributed by atoms with Crippen molar-refractivity contribution in [2.45, 2.75) is 12.5 Å². The summed E-state index contributed by atoms with van der Waals surface area (Å²) in [6, 6.07) is 4.48. The van der Waals surface area contributed by atoms with Crippen LogP contribution in [0.25, 0.3) is 10.9 Å². The second-order valence-electron chi connectivity index (χ2n) is 3.50. The SMILES string of the molecule is NC(Cc1cccc2c(Cl)[nH]nc12)C(=O)O. The standard InChI is InChI=1S/C10H10ClN3O2/c11-9-6-3-1-2-5(8(6)13-14-9)4-7(12)10(15)16/h1-3,7H,4,12H2,(H,13,14)(H,15,16). The monoisotopic (exact) mass is 239 g/mol. The zero-order chi connectivity index (χ0) is 11.7. The molecule has 2 rings (SSSR count). The highest BCUT2D eigenvalue weighted by molar-refractivity contribution is 6.34. The predicted molar refractivity (Wildman–Crippen MR) is 60.4 cm³/mol. The Balaban J connectivity index is 2.41. The maximum Gasteiger partial charge on any atom is 0.320 e. The molecular weight excluding hydrogens is 230 g/mol. The van der Waals surface area contributed by atoms with Gasteiger partial charge in [0.15, 0.2) is 0 Å². The molecule has 5 nitrogen and oxygen atoms in total. The average molecular weight is 240 g/mol.